The van der Waals surface area contributed by atoms with Gasteiger partial charge in [-0.2, -0.15) is 0 Å². The van der Waals surface area contributed by atoms with Gasteiger partial charge < -0.3 is 14.8 Å². The van der Waals surface area contributed by atoms with Gasteiger partial charge in [0, 0.05) is 23.7 Å². The predicted octanol–water partition coefficient (Wildman–Crippen LogP) is 2.10. The van der Waals surface area contributed by atoms with Crippen LogP contribution in [0.3, 0.4) is 0 Å². The van der Waals surface area contributed by atoms with Crippen molar-refractivity contribution >= 4 is 10.9 Å². The molecule has 0 saturated carbocycles. The number of aromatic nitrogens is 1. The minimum atomic E-state index is 0.227. The lowest BCUT2D eigenvalue weighted by atomic mass is 10.1. The van der Waals surface area contributed by atoms with Crippen molar-refractivity contribution in [3.8, 4) is 5.75 Å². The summed E-state index contributed by atoms with van der Waals surface area (Å²) in [4.78, 5) is 3.17. The minimum absolute atomic E-state index is 0.227. The van der Waals surface area contributed by atoms with E-state index in [0.717, 1.165) is 29.5 Å². The Kier molecular flexibility index (Phi) is 2.92. The topological polar surface area (TPSA) is 45.2 Å². The molecular formula is C12H15NO2. The molecule has 0 atom stereocenters. The highest BCUT2D eigenvalue weighted by Gasteiger charge is 2.04. The summed E-state index contributed by atoms with van der Waals surface area (Å²) in [6, 6.07) is 6.14. The first-order chi connectivity index (χ1) is 7.35. The maximum absolute atomic E-state index is 8.79. The van der Waals surface area contributed by atoms with Crippen LogP contribution in [-0.2, 0) is 6.42 Å². The van der Waals surface area contributed by atoms with Crippen molar-refractivity contribution in [2.75, 3.05) is 13.7 Å². The second-order valence-corrected chi connectivity index (χ2v) is 3.56. The number of benzene rings is 1. The monoisotopic (exact) mass is 205 g/mol. The largest absolute Gasteiger partial charge is 0.496 e. The van der Waals surface area contributed by atoms with Crippen molar-refractivity contribution in [3.63, 3.8) is 0 Å². The number of methoxy groups -OCH3 is 1. The third kappa shape index (κ3) is 1.97. The van der Waals surface area contributed by atoms with Crippen LogP contribution in [0.15, 0.2) is 24.4 Å². The van der Waals surface area contributed by atoms with Crippen LogP contribution in [0.2, 0.25) is 0 Å². The molecule has 1 aromatic heterocycles. The fourth-order valence-electron chi connectivity index (χ4n) is 1.79. The van der Waals surface area contributed by atoms with Gasteiger partial charge in [-0.25, -0.2) is 0 Å². The minimum Gasteiger partial charge on any atom is -0.496 e. The smallest absolute Gasteiger partial charge is 0.128 e. The first-order valence-electron chi connectivity index (χ1n) is 5.10. The number of hydrogen-bond donors (Lipinski definition) is 2. The van der Waals surface area contributed by atoms with Gasteiger partial charge in [0.15, 0.2) is 0 Å². The summed E-state index contributed by atoms with van der Waals surface area (Å²) in [6.45, 7) is 0.227. The molecule has 2 aromatic rings. The summed E-state index contributed by atoms with van der Waals surface area (Å²) in [5, 5.41) is 9.89. The molecule has 0 amide bonds. The molecule has 1 aromatic carbocycles. The van der Waals surface area contributed by atoms with Crippen LogP contribution in [0.25, 0.3) is 10.9 Å². The summed E-state index contributed by atoms with van der Waals surface area (Å²) in [7, 11) is 1.68. The summed E-state index contributed by atoms with van der Waals surface area (Å²) in [6.07, 6.45) is 3.57. The maximum Gasteiger partial charge on any atom is 0.128 e. The molecule has 15 heavy (non-hydrogen) atoms. The summed E-state index contributed by atoms with van der Waals surface area (Å²) >= 11 is 0. The Bertz CT molecular complexity index is 448. The second kappa shape index (κ2) is 4.36. The molecule has 0 spiro atoms. The fraction of sp³-hybridized carbons (Fsp3) is 0.333. The highest BCUT2D eigenvalue weighted by atomic mass is 16.5. The molecule has 0 aliphatic rings. The summed E-state index contributed by atoms with van der Waals surface area (Å²) in [5.41, 5.74) is 2.28. The Hall–Kier alpha value is -1.48. The molecule has 0 unspecified atom stereocenters. The normalized spacial score (nSPS) is 10.8. The molecule has 0 saturated heterocycles. The molecule has 80 valence electrons. The van der Waals surface area contributed by atoms with Crippen molar-refractivity contribution in [3.05, 3.63) is 30.0 Å². The number of nitrogens with one attached hydrogen (secondary N) is 1. The van der Waals surface area contributed by atoms with Gasteiger partial charge >= 0.3 is 0 Å². The van der Waals surface area contributed by atoms with Crippen molar-refractivity contribution in [1.82, 2.24) is 4.98 Å². The van der Waals surface area contributed by atoms with E-state index < -0.39 is 0 Å². The predicted molar refractivity (Wildman–Crippen MR) is 60.3 cm³/mol. The maximum atomic E-state index is 8.79. The lowest BCUT2D eigenvalue weighted by molar-refractivity contribution is 0.288. The SMILES string of the molecule is COc1cc(CCCO)cc2[nH]ccc12. The Morgan fingerprint density at radius 1 is 1.40 bits per heavy atom. The number of aromatic amines is 1. The molecule has 1 heterocycles. The molecule has 2 N–H and O–H groups in total. The molecule has 0 aliphatic carbocycles. The van der Waals surface area contributed by atoms with E-state index in [1.807, 2.05) is 18.3 Å². The molecule has 0 fully saturated rings. The molecular weight excluding hydrogens is 190 g/mol. The van der Waals surface area contributed by atoms with Gasteiger partial charge in [0.2, 0.25) is 0 Å². The number of rotatable bonds is 4. The van der Waals surface area contributed by atoms with Gasteiger partial charge in [0.1, 0.15) is 5.75 Å². The molecule has 3 heteroatoms. The van der Waals surface area contributed by atoms with Crippen molar-refractivity contribution in [2.24, 2.45) is 0 Å². The second-order valence-electron chi connectivity index (χ2n) is 3.56. The van der Waals surface area contributed by atoms with Crippen molar-refractivity contribution < 1.29 is 9.84 Å². The van der Waals surface area contributed by atoms with Gasteiger partial charge in [-0.3, -0.25) is 0 Å². The number of hydrogen-bond acceptors (Lipinski definition) is 2. The van der Waals surface area contributed by atoms with Crippen molar-refractivity contribution in [1.29, 1.82) is 0 Å². The van der Waals surface area contributed by atoms with E-state index in [9.17, 15) is 0 Å². The third-order valence-electron chi connectivity index (χ3n) is 2.53. The molecule has 2 rings (SSSR count). The zero-order valence-corrected chi connectivity index (χ0v) is 8.79. The van der Waals surface area contributed by atoms with E-state index in [0.29, 0.717) is 0 Å². The Balaban J connectivity index is 2.40. The number of aliphatic hydroxyl groups excluding tert-OH is 1. The number of aryl methyl sites for hydroxylation is 1. The highest BCUT2D eigenvalue weighted by Crippen LogP contribution is 2.27. The van der Waals surface area contributed by atoms with E-state index in [1.165, 1.54) is 5.56 Å². The zero-order chi connectivity index (χ0) is 10.7. The van der Waals surface area contributed by atoms with E-state index >= 15 is 0 Å². The van der Waals surface area contributed by atoms with E-state index in [2.05, 4.69) is 11.1 Å². The molecule has 0 aliphatic heterocycles. The van der Waals surface area contributed by atoms with Crippen LogP contribution >= 0.6 is 0 Å². The van der Waals surface area contributed by atoms with Crippen LogP contribution < -0.4 is 4.74 Å². The van der Waals surface area contributed by atoms with Crippen LogP contribution in [0.1, 0.15) is 12.0 Å². The van der Waals surface area contributed by atoms with Gasteiger partial charge in [-0.05, 0) is 36.6 Å². The van der Waals surface area contributed by atoms with Crippen LogP contribution in [-0.4, -0.2) is 23.8 Å². The highest BCUT2D eigenvalue weighted by molar-refractivity contribution is 5.86. The van der Waals surface area contributed by atoms with Gasteiger partial charge in [-0.15, -0.1) is 0 Å². The Labute approximate surface area is 88.7 Å². The number of aliphatic hydroxyl groups is 1. The van der Waals surface area contributed by atoms with Gasteiger partial charge in [0.05, 0.1) is 7.11 Å². The Morgan fingerprint density at radius 2 is 2.27 bits per heavy atom. The number of ether oxygens (including phenoxy) is 1. The van der Waals surface area contributed by atoms with E-state index in [4.69, 9.17) is 9.84 Å². The van der Waals surface area contributed by atoms with Crippen LogP contribution in [0, 0.1) is 0 Å². The Morgan fingerprint density at radius 3 is 3.00 bits per heavy atom. The van der Waals surface area contributed by atoms with Crippen molar-refractivity contribution in [2.45, 2.75) is 12.8 Å². The van der Waals surface area contributed by atoms with Gasteiger partial charge in [0.25, 0.3) is 0 Å². The lowest BCUT2D eigenvalue weighted by Crippen LogP contribution is -1.91. The average molecular weight is 205 g/mol. The van der Waals surface area contributed by atoms with Crippen LogP contribution in [0.5, 0.6) is 5.75 Å². The fourth-order valence-corrected chi connectivity index (χ4v) is 1.79. The quantitative estimate of drug-likeness (QED) is 0.802. The summed E-state index contributed by atoms with van der Waals surface area (Å²) in [5.74, 6) is 0.890. The first kappa shape index (κ1) is 10.1. The number of fused-ring (bicyclic) bond motifs is 1. The summed E-state index contributed by atoms with van der Waals surface area (Å²) < 4.78 is 5.32. The molecule has 0 radical (unpaired) electrons. The average Bonchev–Trinajstić information content (AvgIpc) is 2.73. The van der Waals surface area contributed by atoms with E-state index in [-0.39, 0.29) is 6.61 Å². The third-order valence-corrected chi connectivity index (χ3v) is 2.53. The molecule has 0 bridgehead atoms. The standard InChI is InChI=1S/C12H15NO2/c1-15-12-8-9(3-2-6-14)7-11-10(12)4-5-13-11/h4-5,7-8,13-14H,2-3,6H2,1H3. The number of H-pyrrole nitrogens is 1. The molecule has 3 nitrogen and oxygen atoms in total. The lowest BCUT2D eigenvalue weighted by Gasteiger charge is -2.06. The first-order valence-corrected chi connectivity index (χ1v) is 5.10. The van der Waals surface area contributed by atoms with Crippen LogP contribution in [0.4, 0.5) is 0 Å². The van der Waals surface area contributed by atoms with Gasteiger partial charge in [-0.1, -0.05) is 0 Å². The van der Waals surface area contributed by atoms with E-state index in [1.54, 1.807) is 7.11 Å². The zero-order valence-electron chi connectivity index (χ0n) is 8.79.